The fraction of sp³-hybridized carbons (Fsp3) is 0.174. The third kappa shape index (κ3) is 5.07. The van der Waals surface area contributed by atoms with Gasteiger partial charge in [-0.1, -0.05) is 103 Å². The summed E-state index contributed by atoms with van der Waals surface area (Å²) in [5.74, 6) is 0.697. The van der Waals surface area contributed by atoms with Gasteiger partial charge in [-0.25, -0.2) is 0 Å². The van der Waals surface area contributed by atoms with Gasteiger partial charge in [0.2, 0.25) is 5.12 Å². The predicted molar refractivity (Wildman–Crippen MR) is 110 cm³/mol. The Kier molecular flexibility index (Phi) is 6.64. The lowest BCUT2D eigenvalue weighted by Crippen LogP contribution is -2.29. The Morgan fingerprint density at radius 3 is 1.88 bits per heavy atom. The van der Waals surface area contributed by atoms with Crippen molar-refractivity contribution in [1.82, 2.24) is 4.90 Å². The van der Waals surface area contributed by atoms with Crippen LogP contribution >= 0.6 is 11.8 Å². The van der Waals surface area contributed by atoms with Crippen LogP contribution in [0.25, 0.3) is 0 Å². The molecule has 1 atom stereocenters. The van der Waals surface area contributed by atoms with Crippen LogP contribution in [0.4, 0.5) is 0 Å². The molecule has 2 nitrogen and oxygen atoms in total. The number of thioether (sulfide) groups is 1. The average molecular weight is 362 g/mol. The van der Waals surface area contributed by atoms with Crippen LogP contribution in [-0.4, -0.2) is 17.1 Å². The Hall–Kier alpha value is -2.36. The molecule has 3 rings (SSSR count). The first-order valence-corrected chi connectivity index (χ1v) is 9.72. The minimum Gasteiger partial charge on any atom is -0.288 e. The van der Waals surface area contributed by atoms with E-state index in [1.165, 1.54) is 22.9 Å². The summed E-state index contributed by atoms with van der Waals surface area (Å²) in [6, 6.07) is 30.2. The van der Waals surface area contributed by atoms with E-state index in [0.717, 1.165) is 12.1 Å². The van der Waals surface area contributed by atoms with E-state index >= 15 is 0 Å². The molecule has 0 saturated carbocycles. The van der Waals surface area contributed by atoms with E-state index in [1.807, 2.05) is 73.8 Å². The first-order chi connectivity index (χ1) is 12.7. The van der Waals surface area contributed by atoms with E-state index in [0.29, 0.717) is 5.75 Å². The fourth-order valence-electron chi connectivity index (χ4n) is 2.98. The maximum Gasteiger partial charge on any atom is 0.210 e. The van der Waals surface area contributed by atoms with Gasteiger partial charge in [0.1, 0.15) is 6.04 Å². The number of hydrogen-bond acceptors (Lipinski definition) is 3. The molecule has 0 N–H and O–H groups in total. The van der Waals surface area contributed by atoms with Crippen LogP contribution in [0.3, 0.4) is 0 Å². The number of benzene rings is 3. The topological polar surface area (TPSA) is 20.3 Å². The van der Waals surface area contributed by atoms with Crippen molar-refractivity contribution in [2.75, 3.05) is 7.05 Å². The van der Waals surface area contributed by atoms with Gasteiger partial charge < -0.3 is 0 Å². The number of carbonyl (C=O) groups is 1. The molecule has 0 heterocycles. The van der Waals surface area contributed by atoms with E-state index in [1.54, 1.807) is 0 Å². The molecule has 0 bridgehead atoms. The van der Waals surface area contributed by atoms with Crippen LogP contribution in [0.1, 0.15) is 22.7 Å². The highest BCUT2D eigenvalue weighted by Gasteiger charge is 2.25. The summed E-state index contributed by atoms with van der Waals surface area (Å²) in [5.41, 5.74) is 3.41. The SMILES string of the molecule is CN(Cc1ccccc1)C(C(=O)SCc1ccccc1)c1ccccc1. The number of likely N-dealkylation sites (N-methyl/N-ethyl adjacent to an activating group) is 1. The summed E-state index contributed by atoms with van der Waals surface area (Å²) in [6.45, 7) is 0.734. The molecule has 26 heavy (non-hydrogen) atoms. The van der Waals surface area contributed by atoms with Crippen molar-refractivity contribution in [2.45, 2.75) is 18.3 Å². The number of rotatable bonds is 7. The lowest BCUT2D eigenvalue weighted by Gasteiger charge is -2.27. The zero-order valence-electron chi connectivity index (χ0n) is 14.9. The summed E-state index contributed by atoms with van der Waals surface area (Å²) < 4.78 is 0. The van der Waals surface area contributed by atoms with Crippen molar-refractivity contribution in [3.05, 3.63) is 108 Å². The first kappa shape index (κ1) is 18.4. The van der Waals surface area contributed by atoms with Crippen LogP contribution in [0.5, 0.6) is 0 Å². The first-order valence-electron chi connectivity index (χ1n) is 8.74. The van der Waals surface area contributed by atoms with Crippen LogP contribution in [0, 0.1) is 0 Å². The summed E-state index contributed by atoms with van der Waals surface area (Å²) in [7, 11) is 2.02. The molecule has 0 amide bonds. The summed E-state index contributed by atoms with van der Waals surface area (Å²) >= 11 is 1.39. The molecule has 0 aliphatic rings. The van der Waals surface area contributed by atoms with Crippen LogP contribution in [0.15, 0.2) is 91.0 Å². The second-order valence-electron chi connectivity index (χ2n) is 6.31. The van der Waals surface area contributed by atoms with E-state index in [4.69, 9.17) is 0 Å². The molecule has 1 unspecified atom stereocenters. The Labute approximate surface area is 159 Å². The minimum atomic E-state index is -0.259. The molecule has 0 radical (unpaired) electrons. The van der Waals surface area contributed by atoms with Gasteiger partial charge in [-0.3, -0.25) is 9.69 Å². The van der Waals surface area contributed by atoms with Crippen LogP contribution < -0.4 is 0 Å². The summed E-state index contributed by atoms with van der Waals surface area (Å²) in [4.78, 5) is 15.2. The number of hydrogen-bond donors (Lipinski definition) is 0. The molecule has 132 valence electrons. The lowest BCUT2D eigenvalue weighted by molar-refractivity contribution is -0.115. The number of nitrogens with zero attached hydrogens (tertiary/aromatic N) is 1. The monoisotopic (exact) mass is 361 g/mol. The van der Waals surface area contributed by atoms with Crippen molar-refractivity contribution in [3.8, 4) is 0 Å². The van der Waals surface area contributed by atoms with Crippen LogP contribution in [-0.2, 0) is 17.1 Å². The summed E-state index contributed by atoms with van der Waals surface area (Å²) in [5, 5.41) is 0.179. The largest absolute Gasteiger partial charge is 0.288 e. The van der Waals surface area contributed by atoms with Gasteiger partial charge in [0.15, 0.2) is 0 Å². The molecule has 0 fully saturated rings. The Bertz CT molecular complexity index is 805. The van der Waals surface area contributed by atoms with Crippen molar-refractivity contribution in [2.24, 2.45) is 0 Å². The fourth-order valence-corrected chi connectivity index (χ4v) is 3.95. The maximum atomic E-state index is 13.1. The number of carbonyl (C=O) groups excluding carboxylic acids is 1. The van der Waals surface area contributed by atoms with Crippen molar-refractivity contribution in [3.63, 3.8) is 0 Å². The van der Waals surface area contributed by atoms with Gasteiger partial charge >= 0.3 is 0 Å². The third-order valence-corrected chi connectivity index (χ3v) is 5.26. The minimum absolute atomic E-state index is 0.179. The molecular formula is C23H23NOS. The van der Waals surface area contributed by atoms with Gasteiger partial charge in [-0.05, 0) is 23.7 Å². The van der Waals surface area contributed by atoms with Gasteiger partial charge in [0, 0.05) is 12.3 Å². The van der Waals surface area contributed by atoms with Crippen LogP contribution in [0.2, 0.25) is 0 Å². The van der Waals surface area contributed by atoms with E-state index in [9.17, 15) is 4.79 Å². The second-order valence-corrected chi connectivity index (χ2v) is 7.29. The van der Waals surface area contributed by atoms with Crippen molar-refractivity contribution in [1.29, 1.82) is 0 Å². The Morgan fingerprint density at radius 2 is 1.31 bits per heavy atom. The van der Waals surface area contributed by atoms with Gasteiger partial charge in [0.05, 0.1) is 0 Å². The third-order valence-electron chi connectivity index (χ3n) is 4.28. The van der Waals surface area contributed by atoms with Crippen molar-refractivity contribution >= 4 is 16.9 Å². The maximum absolute atomic E-state index is 13.1. The normalized spacial score (nSPS) is 12.1. The highest BCUT2D eigenvalue weighted by atomic mass is 32.2. The smallest absolute Gasteiger partial charge is 0.210 e. The summed E-state index contributed by atoms with van der Waals surface area (Å²) in [6.07, 6.45) is 0. The quantitative estimate of drug-likeness (QED) is 0.568. The average Bonchev–Trinajstić information content (AvgIpc) is 2.69. The lowest BCUT2D eigenvalue weighted by atomic mass is 10.1. The molecule has 3 aromatic carbocycles. The zero-order valence-corrected chi connectivity index (χ0v) is 15.7. The molecule has 0 saturated heterocycles. The Balaban J connectivity index is 1.75. The van der Waals surface area contributed by atoms with Gasteiger partial charge in [0.25, 0.3) is 0 Å². The molecule has 0 aliphatic heterocycles. The van der Waals surface area contributed by atoms with Gasteiger partial charge in [-0.15, -0.1) is 0 Å². The molecule has 3 heteroatoms. The van der Waals surface area contributed by atoms with Gasteiger partial charge in [-0.2, -0.15) is 0 Å². The molecular weight excluding hydrogens is 338 g/mol. The molecule has 0 spiro atoms. The highest BCUT2D eigenvalue weighted by Crippen LogP contribution is 2.28. The van der Waals surface area contributed by atoms with E-state index in [-0.39, 0.29) is 11.2 Å². The predicted octanol–water partition coefficient (Wildman–Crippen LogP) is 5.32. The zero-order chi connectivity index (χ0) is 18.2. The van der Waals surface area contributed by atoms with E-state index < -0.39 is 0 Å². The standard InChI is InChI=1S/C23H23NOS/c1-24(17-19-11-5-2-6-12-19)22(21-15-9-4-10-16-21)23(25)26-18-20-13-7-3-8-14-20/h2-16,22H,17-18H2,1H3. The van der Waals surface area contributed by atoms with E-state index in [2.05, 4.69) is 29.2 Å². The van der Waals surface area contributed by atoms with Crippen molar-refractivity contribution < 1.29 is 4.79 Å². The second kappa shape index (κ2) is 9.37. The Morgan fingerprint density at radius 1 is 0.808 bits per heavy atom. The molecule has 0 aromatic heterocycles. The molecule has 0 aliphatic carbocycles. The highest BCUT2D eigenvalue weighted by molar-refractivity contribution is 8.13. The molecule has 3 aromatic rings.